The lowest BCUT2D eigenvalue weighted by Gasteiger charge is -2.26. The van der Waals surface area contributed by atoms with Gasteiger partial charge < -0.3 is 14.3 Å². The molecule has 0 spiro atoms. The van der Waals surface area contributed by atoms with E-state index in [1.807, 2.05) is 0 Å². The van der Waals surface area contributed by atoms with Crippen molar-refractivity contribution in [3.05, 3.63) is 17.9 Å². The Morgan fingerprint density at radius 1 is 1.50 bits per heavy atom. The third-order valence-corrected chi connectivity index (χ3v) is 4.92. The first-order valence-corrected chi connectivity index (χ1v) is 7.72. The SMILES string of the molecule is CN(CC1CCCOC1)S(=O)(=O)c1ccc(C(=O)O)o1. The van der Waals surface area contributed by atoms with E-state index in [9.17, 15) is 13.2 Å². The maximum absolute atomic E-state index is 12.2. The third kappa shape index (κ3) is 3.20. The first-order chi connectivity index (χ1) is 9.41. The van der Waals surface area contributed by atoms with Gasteiger partial charge in [0.25, 0.3) is 10.0 Å². The molecule has 2 rings (SSSR count). The number of carbonyl (C=O) groups is 1. The zero-order valence-electron chi connectivity index (χ0n) is 11.1. The Hall–Kier alpha value is -1.38. The van der Waals surface area contributed by atoms with Gasteiger partial charge in [0.05, 0.1) is 6.61 Å². The van der Waals surface area contributed by atoms with Gasteiger partial charge in [0.1, 0.15) is 0 Å². The number of hydrogen-bond acceptors (Lipinski definition) is 5. The molecule has 7 nitrogen and oxygen atoms in total. The van der Waals surface area contributed by atoms with Gasteiger partial charge in [0, 0.05) is 20.2 Å². The van der Waals surface area contributed by atoms with Gasteiger partial charge in [-0.3, -0.25) is 0 Å². The average molecular weight is 303 g/mol. The van der Waals surface area contributed by atoms with Crippen LogP contribution in [0.25, 0.3) is 0 Å². The first-order valence-electron chi connectivity index (χ1n) is 6.28. The van der Waals surface area contributed by atoms with E-state index >= 15 is 0 Å². The van der Waals surface area contributed by atoms with Crippen LogP contribution in [0.15, 0.2) is 21.6 Å². The molecular weight excluding hydrogens is 286 g/mol. The molecule has 2 heterocycles. The molecule has 0 saturated carbocycles. The lowest BCUT2D eigenvalue weighted by Crippen LogP contribution is -2.35. The lowest BCUT2D eigenvalue weighted by atomic mass is 10.0. The molecule has 0 bridgehead atoms. The fourth-order valence-electron chi connectivity index (χ4n) is 2.14. The van der Waals surface area contributed by atoms with Crippen LogP contribution in [0, 0.1) is 5.92 Å². The monoisotopic (exact) mass is 303 g/mol. The summed E-state index contributed by atoms with van der Waals surface area (Å²) in [6.45, 7) is 1.58. The summed E-state index contributed by atoms with van der Waals surface area (Å²) >= 11 is 0. The van der Waals surface area contributed by atoms with Crippen LogP contribution in [0.3, 0.4) is 0 Å². The smallest absolute Gasteiger partial charge is 0.371 e. The van der Waals surface area contributed by atoms with E-state index in [1.165, 1.54) is 11.4 Å². The Balaban J connectivity index is 2.09. The summed E-state index contributed by atoms with van der Waals surface area (Å²) < 4.78 is 35.8. The molecule has 1 unspecified atom stereocenters. The number of nitrogens with zero attached hydrogens (tertiary/aromatic N) is 1. The van der Waals surface area contributed by atoms with E-state index in [2.05, 4.69) is 0 Å². The largest absolute Gasteiger partial charge is 0.475 e. The summed E-state index contributed by atoms with van der Waals surface area (Å²) in [7, 11) is -2.35. The van der Waals surface area contributed by atoms with Crippen molar-refractivity contribution in [2.24, 2.45) is 5.92 Å². The van der Waals surface area contributed by atoms with Gasteiger partial charge in [-0.15, -0.1) is 0 Å². The fourth-order valence-corrected chi connectivity index (χ4v) is 3.29. The number of ether oxygens (including phenoxy) is 1. The van der Waals surface area contributed by atoms with E-state index in [4.69, 9.17) is 14.3 Å². The van der Waals surface area contributed by atoms with Crippen LogP contribution in [0.5, 0.6) is 0 Å². The second kappa shape index (κ2) is 5.94. The van der Waals surface area contributed by atoms with Gasteiger partial charge in [-0.1, -0.05) is 0 Å². The second-order valence-corrected chi connectivity index (χ2v) is 6.77. The number of furan rings is 1. The normalized spacial score (nSPS) is 20.2. The molecule has 0 amide bonds. The van der Waals surface area contributed by atoms with E-state index in [0.717, 1.165) is 25.0 Å². The van der Waals surface area contributed by atoms with Crippen molar-refractivity contribution in [2.45, 2.75) is 17.9 Å². The van der Waals surface area contributed by atoms with Crippen molar-refractivity contribution in [1.82, 2.24) is 4.31 Å². The minimum absolute atomic E-state index is 0.150. The zero-order chi connectivity index (χ0) is 14.8. The average Bonchev–Trinajstić information content (AvgIpc) is 2.90. The Bertz CT molecular complexity index is 573. The topological polar surface area (TPSA) is 97.0 Å². The minimum Gasteiger partial charge on any atom is -0.475 e. The highest BCUT2D eigenvalue weighted by atomic mass is 32.2. The molecule has 1 atom stereocenters. The summed E-state index contributed by atoms with van der Waals surface area (Å²) in [4.78, 5) is 10.7. The first kappa shape index (κ1) is 15.0. The highest BCUT2D eigenvalue weighted by Crippen LogP contribution is 2.21. The summed E-state index contributed by atoms with van der Waals surface area (Å²) in [5.41, 5.74) is 0. The lowest BCUT2D eigenvalue weighted by molar-refractivity contribution is 0.0494. The molecule has 1 aliphatic heterocycles. The summed E-state index contributed by atoms with van der Waals surface area (Å²) in [6, 6.07) is 2.29. The Morgan fingerprint density at radius 3 is 2.80 bits per heavy atom. The molecular formula is C12H17NO6S. The second-order valence-electron chi connectivity index (χ2n) is 4.79. The van der Waals surface area contributed by atoms with E-state index in [0.29, 0.717) is 19.8 Å². The predicted molar refractivity (Wildman–Crippen MR) is 69.0 cm³/mol. The van der Waals surface area contributed by atoms with Crippen molar-refractivity contribution in [3.8, 4) is 0 Å². The van der Waals surface area contributed by atoms with Crippen molar-refractivity contribution in [2.75, 3.05) is 26.8 Å². The quantitative estimate of drug-likeness (QED) is 0.872. The number of hydrogen-bond donors (Lipinski definition) is 1. The summed E-state index contributed by atoms with van der Waals surface area (Å²) in [5.74, 6) is -1.54. The van der Waals surface area contributed by atoms with Crippen molar-refractivity contribution in [3.63, 3.8) is 0 Å². The maximum atomic E-state index is 12.2. The molecule has 112 valence electrons. The summed E-state index contributed by atoms with van der Waals surface area (Å²) in [5, 5.41) is 8.39. The minimum atomic E-state index is -3.80. The van der Waals surface area contributed by atoms with Crippen LogP contribution in [-0.4, -0.2) is 50.6 Å². The predicted octanol–water partition coefficient (Wildman–Crippen LogP) is 1.02. The molecule has 1 aromatic rings. The van der Waals surface area contributed by atoms with Gasteiger partial charge in [-0.05, 0) is 30.9 Å². The van der Waals surface area contributed by atoms with Gasteiger partial charge >= 0.3 is 5.97 Å². The Kier molecular flexibility index (Phi) is 4.46. The van der Waals surface area contributed by atoms with Gasteiger partial charge in [0.15, 0.2) is 0 Å². The molecule has 0 radical (unpaired) electrons. The van der Waals surface area contributed by atoms with Crippen LogP contribution in [0.4, 0.5) is 0 Å². The number of carboxylic acid groups (broad SMARTS) is 1. The van der Waals surface area contributed by atoms with Gasteiger partial charge in [-0.25, -0.2) is 13.2 Å². The number of rotatable bonds is 5. The molecule has 1 fully saturated rings. The highest BCUT2D eigenvalue weighted by Gasteiger charge is 2.28. The molecule has 0 aliphatic carbocycles. The molecule has 0 aromatic carbocycles. The number of carboxylic acids is 1. The Labute approximate surface area is 117 Å². The third-order valence-electron chi connectivity index (χ3n) is 3.23. The maximum Gasteiger partial charge on any atom is 0.371 e. The van der Waals surface area contributed by atoms with E-state index in [-0.39, 0.29) is 11.0 Å². The van der Waals surface area contributed by atoms with E-state index < -0.39 is 21.8 Å². The molecule has 20 heavy (non-hydrogen) atoms. The zero-order valence-corrected chi connectivity index (χ0v) is 11.9. The highest BCUT2D eigenvalue weighted by molar-refractivity contribution is 7.89. The number of sulfonamides is 1. The van der Waals surface area contributed by atoms with Crippen molar-refractivity contribution >= 4 is 16.0 Å². The van der Waals surface area contributed by atoms with Crippen LogP contribution < -0.4 is 0 Å². The fraction of sp³-hybridized carbons (Fsp3) is 0.583. The molecule has 1 aromatic heterocycles. The van der Waals surface area contributed by atoms with Crippen molar-refractivity contribution in [1.29, 1.82) is 0 Å². The molecule has 8 heteroatoms. The molecule has 1 N–H and O–H groups in total. The molecule has 1 aliphatic rings. The van der Waals surface area contributed by atoms with Gasteiger partial charge in [0.2, 0.25) is 10.9 Å². The Morgan fingerprint density at radius 2 is 2.25 bits per heavy atom. The molecule has 1 saturated heterocycles. The van der Waals surface area contributed by atoms with Crippen LogP contribution in [0.1, 0.15) is 23.4 Å². The van der Waals surface area contributed by atoms with Crippen LogP contribution >= 0.6 is 0 Å². The van der Waals surface area contributed by atoms with Crippen LogP contribution in [0.2, 0.25) is 0 Å². The standard InChI is InChI=1S/C12H17NO6S/c1-13(7-9-3-2-6-18-8-9)20(16,17)11-5-4-10(19-11)12(14)15/h4-5,9H,2-3,6-8H2,1H3,(H,14,15). The summed E-state index contributed by atoms with van der Waals surface area (Å²) in [6.07, 6.45) is 1.83. The van der Waals surface area contributed by atoms with E-state index in [1.54, 1.807) is 0 Å². The number of aromatic carboxylic acids is 1. The van der Waals surface area contributed by atoms with Crippen LogP contribution in [-0.2, 0) is 14.8 Å². The van der Waals surface area contributed by atoms with Gasteiger partial charge in [-0.2, -0.15) is 4.31 Å². The van der Waals surface area contributed by atoms with Crippen molar-refractivity contribution < 1.29 is 27.5 Å².